The van der Waals surface area contributed by atoms with Crippen molar-refractivity contribution in [2.24, 2.45) is 5.73 Å². The van der Waals surface area contributed by atoms with Crippen molar-refractivity contribution in [1.29, 1.82) is 0 Å². The molecule has 4 nitrogen and oxygen atoms in total. The maximum absolute atomic E-state index is 11.0. The van der Waals surface area contributed by atoms with Gasteiger partial charge in [-0.3, -0.25) is 9.78 Å². The van der Waals surface area contributed by atoms with Crippen LogP contribution in [-0.2, 0) is 0 Å². The molecule has 2 heterocycles. The Labute approximate surface area is 89.1 Å². The summed E-state index contributed by atoms with van der Waals surface area (Å²) in [6, 6.07) is 3.47. The molecule has 1 aromatic heterocycles. The highest BCUT2D eigenvalue weighted by Crippen LogP contribution is 2.24. The van der Waals surface area contributed by atoms with E-state index in [2.05, 4.69) is 16.9 Å². The molecule has 80 valence electrons. The summed E-state index contributed by atoms with van der Waals surface area (Å²) >= 11 is 0. The minimum absolute atomic E-state index is 0.384. The lowest BCUT2D eigenvalue weighted by atomic mass is 10.0. The Balaban J connectivity index is 2.21. The zero-order chi connectivity index (χ0) is 10.8. The third-order valence-electron chi connectivity index (χ3n) is 2.88. The Morgan fingerprint density at radius 3 is 3.07 bits per heavy atom. The fourth-order valence-electron chi connectivity index (χ4n) is 2.00. The van der Waals surface area contributed by atoms with Crippen LogP contribution in [0.15, 0.2) is 18.3 Å². The predicted octanol–water partition coefficient (Wildman–Crippen LogP) is 0.600. The Kier molecular flexibility index (Phi) is 2.68. The molecule has 1 aliphatic heterocycles. The average Bonchev–Trinajstić information content (AvgIpc) is 2.65. The Morgan fingerprint density at radius 1 is 1.67 bits per heavy atom. The number of likely N-dealkylation sites (N-methyl/N-ethyl adjacent to an activating group) is 1. The third-order valence-corrected chi connectivity index (χ3v) is 2.88. The molecule has 0 bridgehead atoms. The topological polar surface area (TPSA) is 59.2 Å². The molecular formula is C11H15N3O. The van der Waals surface area contributed by atoms with E-state index in [1.807, 2.05) is 6.07 Å². The van der Waals surface area contributed by atoms with E-state index in [0.717, 1.165) is 25.2 Å². The number of carbonyl (C=O) groups excluding carboxylic acids is 1. The molecule has 0 spiro atoms. The van der Waals surface area contributed by atoms with Crippen molar-refractivity contribution in [2.45, 2.75) is 12.3 Å². The van der Waals surface area contributed by atoms with Gasteiger partial charge in [0.1, 0.15) is 0 Å². The highest BCUT2D eigenvalue weighted by Gasteiger charge is 2.22. The average molecular weight is 205 g/mol. The van der Waals surface area contributed by atoms with Gasteiger partial charge >= 0.3 is 0 Å². The van der Waals surface area contributed by atoms with Gasteiger partial charge in [0, 0.05) is 29.9 Å². The van der Waals surface area contributed by atoms with Crippen LogP contribution >= 0.6 is 0 Å². The van der Waals surface area contributed by atoms with Gasteiger partial charge in [-0.2, -0.15) is 0 Å². The molecule has 0 aromatic carbocycles. The second kappa shape index (κ2) is 3.98. The number of primary amides is 1. The number of hydrogen-bond donors (Lipinski definition) is 1. The molecule has 0 radical (unpaired) electrons. The van der Waals surface area contributed by atoms with E-state index in [1.165, 1.54) is 0 Å². The van der Waals surface area contributed by atoms with Crippen molar-refractivity contribution in [1.82, 2.24) is 9.88 Å². The summed E-state index contributed by atoms with van der Waals surface area (Å²) in [5.41, 5.74) is 6.76. The van der Waals surface area contributed by atoms with Crippen LogP contribution in [0.2, 0.25) is 0 Å². The standard InChI is InChI=1S/C11H15N3O/c1-14-5-3-9(7-14)10-6-8(11(12)15)2-4-13-10/h2,4,6,9H,3,5,7H2,1H3,(H2,12,15)/t9-/m0/s1. The molecule has 15 heavy (non-hydrogen) atoms. The maximum atomic E-state index is 11.0. The van der Waals surface area contributed by atoms with Crippen LogP contribution in [0.3, 0.4) is 0 Å². The quantitative estimate of drug-likeness (QED) is 0.769. The first-order chi connectivity index (χ1) is 7.16. The van der Waals surface area contributed by atoms with Gasteiger partial charge in [-0.25, -0.2) is 0 Å². The van der Waals surface area contributed by atoms with Gasteiger partial charge < -0.3 is 10.6 Å². The number of carbonyl (C=O) groups is 1. The van der Waals surface area contributed by atoms with Crippen LogP contribution in [0.1, 0.15) is 28.4 Å². The Hall–Kier alpha value is -1.42. The Morgan fingerprint density at radius 2 is 2.47 bits per heavy atom. The van der Waals surface area contributed by atoms with E-state index < -0.39 is 0 Å². The van der Waals surface area contributed by atoms with E-state index >= 15 is 0 Å². The van der Waals surface area contributed by atoms with E-state index in [4.69, 9.17) is 5.73 Å². The molecule has 1 amide bonds. The van der Waals surface area contributed by atoms with Gasteiger partial charge in [0.05, 0.1) is 0 Å². The number of amides is 1. The number of likely N-dealkylation sites (tertiary alicyclic amines) is 1. The molecule has 1 aromatic rings. The number of nitrogens with zero attached hydrogens (tertiary/aromatic N) is 2. The fraction of sp³-hybridized carbons (Fsp3) is 0.455. The van der Waals surface area contributed by atoms with Crippen LogP contribution < -0.4 is 5.73 Å². The summed E-state index contributed by atoms with van der Waals surface area (Å²) in [6.45, 7) is 2.10. The van der Waals surface area contributed by atoms with Crippen molar-refractivity contribution in [3.8, 4) is 0 Å². The first-order valence-corrected chi connectivity index (χ1v) is 5.11. The summed E-state index contributed by atoms with van der Waals surface area (Å²) in [5, 5.41) is 0. The van der Waals surface area contributed by atoms with Gasteiger partial charge in [0.25, 0.3) is 0 Å². The second-order valence-corrected chi connectivity index (χ2v) is 4.08. The van der Waals surface area contributed by atoms with Gasteiger partial charge in [-0.05, 0) is 32.1 Å². The van der Waals surface area contributed by atoms with Crippen LogP contribution in [0.4, 0.5) is 0 Å². The molecular weight excluding hydrogens is 190 g/mol. The van der Waals surface area contributed by atoms with Crippen molar-refractivity contribution in [3.63, 3.8) is 0 Å². The van der Waals surface area contributed by atoms with E-state index in [9.17, 15) is 4.79 Å². The fourth-order valence-corrected chi connectivity index (χ4v) is 2.00. The molecule has 1 saturated heterocycles. The van der Waals surface area contributed by atoms with Crippen LogP contribution in [-0.4, -0.2) is 35.9 Å². The van der Waals surface area contributed by atoms with Crippen LogP contribution in [0.5, 0.6) is 0 Å². The van der Waals surface area contributed by atoms with Crippen molar-refractivity contribution in [2.75, 3.05) is 20.1 Å². The molecule has 1 fully saturated rings. The molecule has 2 N–H and O–H groups in total. The van der Waals surface area contributed by atoms with Gasteiger partial charge in [0.2, 0.25) is 5.91 Å². The number of rotatable bonds is 2. The number of hydrogen-bond acceptors (Lipinski definition) is 3. The second-order valence-electron chi connectivity index (χ2n) is 4.08. The summed E-state index contributed by atoms with van der Waals surface area (Å²) < 4.78 is 0. The largest absolute Gasteiger partial charge is 0.366 e. The molecule has 1 aliphatic rings. The first-order valence-electron chi connectivity index (χ1n) is 5.11. The summed E-state index contributed by atoms with van der Waals surface area (Å²) in [5.74, 6) is 0.0549. The van der Waals surface area contributed by atoms with Gasteiger partial charge in [-0.1, -0.05) is 0 Å². The lowest BCUT2D eigenvalue weighted by Crippen LogP contribution is -2.15. The summed E-state index contributed by atoms with van der Waals surface area (Å²) in [7, 11) is 2.10. The summed E-state index contributed by atoms with van der Waals surface area (Å²) in [4.78, 5) is 17.6. The van der Waals surface area contributed by atoms with E-state index in [0.29, 0.717) is 11.5 Å². The normalized spacial score (nSPS) is 21.8. The maximum Gasteiger partial charge on any atom is 0.248 e. The van der Waals surface area contributed by atoms with Crippen molar-refractivity contribution >= 4 is 5.91 Å². The smallest absolute Gasteiger partial charge is 0.248 e. The highest BCUT2D eigenvalue weighted by atomic mass is 16.1. The lowest BCUT2D eigenvalue weighted by molar-refractivity contribution is 0.1000. The minimum Gasteiger partial charge on any atom is -0.366 e. The Bertz CT molecular complexity index is 378. The van der Waals surface area contributed by atoms with Crippen molar-refractivity contribution < 1.29 is 4.79 Å². The lowest BCUT2D eigenvalue weighted by Gasteiger charge is -2.10. The van der Waals surface area contributed by atoms with Crippen LogP contribution in [0, 0.1) is 0 Å². The number of pyridine rings is 1. The molecule has 0 aliphatic carbocycles. The molecule has 1 atom stereocenters. The van der Waals surface area contributed by atoms with Gasteiger partial charge in [-0.15, -0.1) is 0 Å². The van der Waals surface area contributed by atoms with Crippen LogP contribution in [0.25, 0.3) is 0 Å². The zero-order valence-electron chi connectivity index (χ0n) is 8.81. The highest BCUT2D eigenvalue weighted by molar-refractivity contribution is 5.92. The van der Waals surface area contributed by atoms with E-state index in [1.54, 1.807) is 12.3 Å². The molecule has 2 rings (SSSR count). The molecule has 0 unspecified atom stereocenters. The van der Waals surface area contributed by atoms with E-state index in [-0.39, 0.29) is 5.91 Å². The SMILES string of the molecule is CN1CC[C@H](c2cc(C(N)=O)ccn2)C1. The third kappa shape index (κ3) is 2.15. The number of nitrogens with two attached hydrogens (primary N) is 1. The van der Waals surface area contributed by atoms with Crippen molar-refractivity contribution in [3.05, 3.63) is 29.6 Å². The summed E-state index contributed by atoms with van der Waals surface area (Å²) in [6.07, 6.45) is 2.76. The van der Waals surface area contributed by atoms with Gasteiger partial charge in [0.15, 0.2) is 0 Å². The molecule has 4 heteroatoms. The molecule has 0 saturated carbocycles. The minimum atomic E-state index is -0.384. The predicted molar refractivity (Wildman–Crippen MR) is 57.6 cm³/mol. The monoisotopic (exact) mass is 205 g/mol. The zero-order valence-corrected chi connectivity index (χ0v) is 8.81. The number of aromatic nitrogens is 1. The first kappa shape index (κ1) is 10.1.